The van der Waals surface area contributed by atoms with E-state index >= 15 is 0 Å². The molecular weight excluding hydrogens is 340 g/mol. The van der Waals surface area contributed by atoms with Crippen molar-refractivity contribution in [1.82, 2.24) is 5.32 Å². The molecule has 1 aliphatic heterocycles. The number of carbonyl (C=O) groups is 2. The van der Waals surface area contributed by atoms with E-state index in [9.17, 15) is 9.59 Å². The average Bonchev–Trinajstić information content (AvgIpc) is 3.15. The SMILES string of the molecule is CC(=O)C1CC(C(=O)NCCCNc2ccccc2)=NN1c1ccccc1. The van der Waals surface area contributed by atoms with E-state index in [1.165, 1.54) is 6.92 Å². The van der Waals surface area contributed by atoms with Gasteiger partial charge in [-0.05, 0) is 37.6 Å². The summed E-state index contributed by atoms with van der Waals surface area (Å²) in [6.45, 7) is 2.85. The number of carbonyl (C=O) groups excluding carboxylic acids is 2. The van der Waals surface area contributed by atoms with E-state index in [0.717, 1.165) is 24.3 Å². The Hall–Kier alpha value is -3.15. The third-order valence-electron chi connectivity index (χ3n) is 4.40. The smallest absolute Gasteiger partial charge is 0.267 e. The van der Waals surface area contributed by atoms with Gasteiger partial charge in [-0.3, -0.25) is 14.6 Å². The molecule has 0 fully saturated rings. The monoisotopic (exact) mass is 364 g/mol. The summed E-state index contributed by atoms with van der Waals surface area (Å²) < 4.78 is 0. The number of benzene rings is 2. The predicted molar refractivity (Wildman–Crippen MR) is 108 cm³/mol. The zero-order valence-electron chi connectivity index (χ0n) is 15.4. The van der Waals surface area contributed by atoms with Crippen LogP contribution in [0.2, 0.25) is 0 Å². The number of para-hydroxylation sites is 2. The van der Waals surface area contributed by atoms with Crippen LogP contribution in [-0.4, -0.2) is 36.5 Å². The molecule has 2 aromatic carbocycles. The molecular formula is C21H24N4O2. The van der Waals surface area contributed by atoms with Gasteiger partial charge in [-0.25, -0.2) is 0 Å². The van der Waals surface area contributed by atoms with E-state index in [1.807, 2.05) is 60.7 Å². The van der Waals surface area contributed by atoms with Gasteiger partial charge in [-0.2, -0.15) is 5.10 Å². The van der Waals surface area contributed by atoms with Crippen molar-refractivity contribution in [2.45, 2.75) is 25.8 Å². The summed E-state index contributed by atoms with van der Waals surface area (Å²) in [6, 6.07) is 19.0. The number of ketones is 1. The fourth-order valence-corrected chi connectivity index (χ4v) is 2.96. The van der Waals surface area contributed by atoms with Crippen molar-refractivity contribution >= 4 is 28.8 Å². The molecule has 0 radical (unpaired) electrons. The van der Waals surface area contributed by atoms with Crippen LogP contribution in [0.4, 0.5) is 11.4 Å². The summed E-state index contributed by atoms with van der Waals surface area (Å²) in [5.74, 6) is -0.211. The van der Waals surface area contributed by atoms with Gasteiger partial charge < -0.3 is 10.6 Å². The summed E-state index contributed by atoms with van der Waals surface area (Å²) in [4.78, 5) is 24.4. The van der Waals surface area contributed by atoms with Crippen molar-refractivity contribution in [1.29, 1.82) is 0 Å². The molecule has 0 saturated heterocycles. The quantitative estimate of drug-likeness (QED) is 0.707. The molecule has 1 amide bonds. The van der Waals surface area contributed by atoms with E-state index in [1.54, 1.807) is 5.01 Å². The lowest BCUT2D eigenvalue weighted by Gasteiger charge is -2.20. The molecule has 0 aromatic heterocycles. The number of amides is 1. The second kappa shape index (κ2) is 8.98. The maximum Gasteiger partial charge on any atom is 0.267 e. The van der Waals surface area contributed by atoms with Crippen LogP contribution in [0, 0.1) is 0 Å². The lowest BCUT2D eigenvalue weighted by molar-refractivity contribution is -0.118. The van der Waals surface area contributed by atoms with Crippen molar-refractivity contribution in [2.24, 2.45) is 5.10 Å². The first-order chi connectivity index (χ1) is 13.1. The van der Waals surface area contributed by atoms with Crippen LogP contribution >= 0.6 is 0 Å². The Morgan fingerprint density at radius 3 is 2.37 bits per heavy atom. The summed E-state index contributed by atoms with van der Waals surface area (Å²) in [5, 5.41) is 12.3. The Kier molecular flexibility index (Phi) is 6.20. The van der Waals surface area contributed by atoms with Crippen molar-refractivity contribution in [2.75, 3.05) is 23.4 Å². The molecule has 6 nitrogen and oxygen atoms in total. The molecule has 1 unspecified atom stereocenters. The summed E-state index contributed by atoms with van der Waals surface area (Å²) >= 11 is 0. The van der Waals surface area contributed by atoms with E-state index in [2.05, 4.69) is 15.7 Å². The first kappa shape index (κ1) is 18.6. The fraction of sp³-hybridized carbons (Fsp3) is 0.286. The highest BCUT2D eigenvalue weighted by Crippen LogP contribution is 2.24. The molecule has 6 heteroatoms. The van der Waals surface area contributed by atoms with Gasteiger partial charge in [0.15, 0.2) is 5.78 Å². The van der Waals surface area contributed by atoms with Gasteiger partial charge in [0.2, 0.25) is 0 Å². The molecule has 0 saturated carbocycles. The number of Topliss-reactive ketones (excluding diaryl/α,β-unsaturated/α-hetero) is 1. The first-order valence-corrected chi connectivity index (χ1v) is 9.14. The third-order valence-corrected chi connectivity index (χ3v) is 4.40. The van der Waals surface area contributed by atoms with Crippen LogP contribution in [-0.2, 0) is 9.59 Å². The number of nitrogens with one attached hydrogen (secondary N) is 2. The Balaban J connectivity index is 1.51. The van der Waals surface area contributed by atoms with Gasteiger partial charge in [0.05, 0.1) is 5.69 Å². The van der Waals surface area contributed by atoms with Crippen LogP contribution in [0.3, 0.4) is 0 Å². The second-order valence-corrected chi connectivity index (χ2v) is 6.46. The van der Waals surface area contributed by atoms with Crippen molar-refractivity contribution in [3.8, 4) is 0 Å². The highest BCUT2D eigenvalue weighted by atomic mass is 16.2. The second-order valence-electron chi connectivity index (χ2n) is 6.46. The minimum atomic E-state index is -0.423. The first-order valence-electron chi connectivity index (χ1n) is 9.14. The molecule has 1 aliphatic rings. The van der Waals surface area contributed by atoms with E-state index < -0.39 is 6.04 Å². The Morgan fingerprint density at radius 1 is 1.04 bits per heavy atom. The largest absolute Gasteiger partial charge is 0.385 e. The van der Waals surface area contributed by atoms with E-state index in [4.69, 9.17) is 0 Å². The highest BCUT2D eigenvalue weighted by Gasteiger charge is 2.33. The molecule has 140 valence electrons. The van der Waals surface area contributed by atoms with Crippen molar-refractivity contribution in [3.05, 3.63) is 60.7 Å². The van der Waals surface area contributed by atoms with Gasteiger partial charge in [-0.1, -0.05) is 36.4 Å². The number of rotatable bonds is 8. The normalized spacial score (nSPS) is 16.0. The lowest BCUT2D eigenvalue weighted by Crippen LogP contribution is -2.34. The molecule has 27 heavy (non-hydrogen) atoms. The number of hydrogen-bond acceptors (Lipinski definition) is 5. The zero-order chi connectivity index (χ0) is 19.1. The molecule has 3 rings (SSSR count). The lowest BCUT2D eigenvalue weighted by atomic mass is 10.1. The maximum atomic E-state index is 12.4. The average molecular weight is 364 g/mol. The Morgan fingerprint density at radius 2 is 1.70 bits per heavy atom. The highest BCUT2D eigenvalue weighted by molar-refractivity contribution is 6.40. The molecule has 2 N–H and O–H groups in total. The van der Waals surface area contributed by atoms with Gasteiger partial charge in [0, 0.05) is 25.2 Å². The number of hydrazone groups is 1. The maximum absolute atomic E-state index is 12.4. The number of hydrogen-bond donors (Lipinski definition) is 2. The topological polar surface area (TPSA) is 73.8 Å². The summed E-state index contributed by atoms with van der Waals surface area (Å²) in [7, 11) is 0. The Labute approximate surface area is 159 Å². The summed E-state index contributed by atoms with van der Waals surface area (Å²) in [5.41, 5.74) is 2.27. The van der Waals surface area contributed by atoms with Crippen molar-refractivity contribution < 1.29 is 9.59 Å². The van der Waals surface area contributed by atoms with Crippen LogP contribution in [0.15, 0.2) is 65.8 Å². The summed E-state index contributed by atoms with van der Waals surface area (Å²) in [6.07, 6.45) is 1.13. The van der Waals surface area contributed by atoms with Crippen molar-refractivity contribution in [3.63, 3.8) is 0 Å². The van der Waals surface area contributed by atoms with Gasteiger partial charge >= 0.3 is 0 Å². The standard InChI is InChI=1S/C21H24N4O2/c1-16(26)20-15-19(24-25(20)18-11-6-3-7-12-18)21(27)23-14-8-13-22-17-9-4-2-5-10-17/h2-7,9-12,20,22H,8,13-15H2,1H3,(H,23,27). The van der Waals surface area contributed by atoms with E-state index in [0.29, 0.717) is 18.7 Å². The van der Waals surface area contributed by atoms with Crippen LogP contribution in [0.25, 0.3) is 0 Å². The van der Waals surface area contributed by atoms with Gasteiger partial charge in [0.1, 0.15) is 11.8 Å². The Bertz CT molecular complexity index is 805. The molecule has 2 aromatic rings. The minimum absolute atomic E-state index is 0.00235. The molecule has 0 spiro atoms. The molecule has 0 aliphatic carbocycles. The predicted octanol–water partition coefficient (Wildman–Crippen LogP) is 2.83. The fourth-order valence-electron chi connectivity index (χ4n) is 2.96. The van der Waals surface area contributed by atoms with Gasteiger partial charge in [-0.15, -0.1) is 0 Å². The van der Waals surface area contributed by atoms with E-state index in [-0.39, 0.29) is 11.7 Å². The minimum Gasteiger partial charge on any atom is -0.385 e. The van der Waals surface area contributed by atoms with Crippen LogP contribution < -0.4 is 15.6 Å². The van der Waals surface area contributed by atoms with Crippen LogP contribution in [0.5, 0.6) is 0 Å². The van der Waals surface area contributed by atoms with Crippen LogP contribution in [0.1, 0.15) is 19.8 Å². The molecule has 1 atom stereocenters. The zero-order valence-corrected chi connectivity index (χ0v) is 15.4. The number of nitrogens with zero attached hydrogens (tertiary/aromatic N) is 2. The number of anilines is 2. The molecule has 0 bridgehead atoms. The molecule has 1 heterocycles. The van der Waals surface area contributed by atoms with Gasteiger partial charge in [0.25, 0.3) is 5.91 Å². The third kappa shape index (κ3) is 4.94.